The van der Waals surface area contributed by atoms with Gasteiger partial charge in [0.25, 0.3) is 0 Å². The zero-order chi connectivity index (χ0) is 19.6. The number of nitrogens with zero attached hydrogens (tertiary/aromatic N) is 5. The van der Waals surface area contributed by atoms with Gasteiger partial charge in [-0.05, 0) is 68.6 Å². The van der Waals surface area contributed by atoms with Gasteiger partial charge >= 0.3 is 0 Å². The number of halogens is 1. The Kier molecular flexibility index (Phi) is 4.97. The summed E-state index contributed by atoms with van der Waals surface area (Å²) in [4.78, 5) is 13.6. The fraction of sp³-hybridized carbons (Fsp3) is 0.409. The SMILES string of the molecule is Fc1ccc(N2CCC(N3CCC[C@H]3c3nc(-c4ccncc4)no3)CC2)cc1. The van der Waals surface area contributed by atoms with E-state index in [1.165, 1.54) is 12.1 Å². The fourth-order valence-electron chi connectivity index (χ4n) is 4.59. The van der Waals surface area contributed by atoms with Gasteiger partial charge in [-0.25, -0.2) is 4.39 Å². The van der Waals surface area contributed by atoms with Crippen LogP contribution in [0.2, 0.25) is 0 Å². The first-order chi connectivity index (χ1) is 14.3. The molecule has 7 heteroatoms. The number of benzene rings is 1. The van der Waals surface area contributed by atoms with Crippen LogP contribution in [0, 0.1) is 5.82 Å². The van der Waals surface area contributed by atoms with Crippen molar-refractivity contribution in [1.29, 1.82) is 0 Å². The van der Waals surface area contributed by atoms with Crippen LogP contribution in [0.25, 0.3) is 11.4 Å². The van der Waals surface area contributed by atoms with Crippen LogP contribution >= 0.6 is 0 Å². The van der Waals surface area contributed by atoms with E-state index in [2.05, 4.69) is 24.9 Å². The molecule has 0 radical (unpaired) electrons. The Hall–Kier alpha value is -2.80. The summed E-state index contributed by atoms with van der Waals surface area (Å²) in [6.45, 7) is 3.02. The van der Waals surface area contributed by atoms with Crippen LogP contribution in [0.5, 0.6) is 0 Å². The monoisotopic (exact) mass is 393 g/mol. The van der Waals surface area contributed by atoms with E-state index in [1.54, 1.807) is 12.4 Å². The number of anilines is 1. The molecule has 29 heavy (non-hydrogen) atoms. The lowest BCUT2D eigenvalue weighted by Gasteiger charge is -2.39. The minimum atomic E-state index is -0.186. The van der Waals surface area contributed by atoms with Crippen molar-refractivity contribution in [3.63, 3.8) is 0 Å². The average Bonchev–Trinajstić information content (AvgIpc) is 3.45. The Bertz CT molecular complexity index is 937. The molecule has 1 aromatic carbocycles. The van der Waals surface area contributed by atoms with Gasteiger partial charge in [0.1, 0.15) is 5.82 Å². The van der Waals surface area contributed by atoms with Crippen molar-refractivity contribution in [2.45, 2.75) is 37.8 Å². The van der Waals surface area contributed by atoms with Crippen molar-refractivity contribution >= 4 is 5.69 Å². The summed E-state index contributed by atoms with van der Waals surface area (Å²) in [5.41, 5.74) is 2.02. The number of piperidine rings is 1. The summed E-state index contributed by atoms with van der Waals surface area (Å²) < 4.78 is 18.8. The molecule has 2 aliphatic rings. The standard InChI is InChI=1S/C22H24FN5O/c23-17-3-5-18(6-4-17)27-14-9-19(10-15-27)28-13-1-2-20(28)22-25-21(26-29-22)16-7-11-24-12-8-16/h3-8,11-12,19-20H,1-2,9-10,13-15H2/t20-/m0/s1. The second-order valence-electron chi connectivity index (χ2n) is 7.78. The molecule has 0 amide bonds. The summed E-state index contributed by atoms with van der Waals surface area (Å²) in [6, 6.07) is 11.3. The highest BCUT2D eigenvalue weighted by molar-refractivity contribution is 5.52. The van der Waals surface area contributed by atoms with Crippen molar-refractivity contribution in [2.75, 3.05) is 24.5 Å². The van der Waals surface area contributed by atoms with Gasteiger partial charge in [0, 0.05) is 42.8 Å². The molecule has 0 N–H and O–H groups in total. The minimum absolute atomic E-state index is 0.186. The highest BCUT2D eigenvalue weighted by Crippen LogP contribution is 2.36. The van der Waals surface area contributed by atoms with E-state index in [0.29, 0.717) is 11.9 Å². The van der Waals surface area contributed by atoms with Gasteiger partial charge in [-0.15, -0.1) is 0 Å². The molecule has 2 saturated heterocycles. The molecule has 0 spiro atoms. The lowest BCUT2D eigenvalue weighted by atomic mass is 10.0. The van der Waals surface area contributed by atoms with Crippen molar-refractivity contribution in [2.24, 2.45) is 0 Å². The molecule has 0 bridgehead atoms. The molecule has 0 aliphatic carbocycles. The van der Waals surface area contributed by atoms with Gasteiger partial charge in [-0.3, -0.25) is 9.88 Å². The molecule has 5 rings (SSSR count). The van der Waals surface area contributed by atoms with Crippen LogP contribution in [0.4, 0.5) is 10.1 Å². The first-order valence-corrected chi connectivity index (χ1v) is 10.3. The Labute approximate surface area is 169 Å². The molecule has 2 aromatic heterocycles. The number of hydrogen-bond donors (Lipinski definition) is 0. The first kappa shape index (κ1) is 18.2. The zero-order valence-electron chi connectivity index (χ0n) is 16.2. The van der Waals surface area contributed by atoms with Gasteiger partial charge in [-0.2, -0.15) is 4.98 Å². The Morgan fingerprint density at radius 3 is 2.45 bits per heavy atom. The van der Waals surface area contributed by atoms with E-state index >= 15 is 0 Å². The van der Waals surface area contributed by atoms with Crippen molar-refractivity contribution in [3.8, 4) is 11.4 Å². The lowest BCUT2D eigenvalue weighted by Crippen LogP contribution is -2.44. The van der Waals surface area contributed by atoms with Gasteiger partial charge in [0.2, 0.25) is 11.7 Å². The van der Waals surface area contributed by atoms with E-state index in [-0.39, 0.29) is 11.9 Å². The van der Waals surface area contributed by atoms with E-state index in [9.17, 15) is 4.39 Å². The van der Waals surface area contributed by atoms with Gasteiger partial charge in [-0.1, -0.05) is 5.16 Å². The predicted octanol–water partition coefficient (Wildman–Crippen LogP) is 4.08. The van der Waals surface area contributed by atoms with Crippen molar-refractivity contribution < 1.29 is 8.91 Å². The number of aromatic nitrogens is 3. The van der Waals surface area contributed by atoms with Crippen LogP contribution in [0.1, 0.15) is 37.6 Å². The zero-order valence-corrected chi connectivity index (χ0v) is 16.2. The Morgan fingerprint density at radius 1 is 0.931 bits per heavy atom. The number of rotatable bonds is 4. The van der Waals surface area contributed by atoms with Crippen molar-refractivity contribution in [3.05, 3.63) is 60.5 Å². The van der Waals surface area contributed by atoms with E-state index in [0.717, 1.165) is 62.5 Å². The molecular weight excluding hydrogens is 369 g/mol. The van der Waals surface area contributed by atoms with Gasteiger partial charge in [0.05, 0.1) is 6.04 Å². The Morgan fingerprint density at radius 2 is 1.69 bits per heavy atom. The normalized spacial score (nSPS) is 21.0. The smallest absolute Gasteiger partial charge is 0.244 e. The van der Waals surface area contributed by atoms with Crippen LogP contribution in [0.15, 0.2) is 53.3 Å². The van der Waals surface area contributed by atoms with E-state index in [1.807, 2.05) is 24.3 Å². The first-order valence-electron chi connectivity index (χ1n) is 10.3. The van der Waals surface area contributed by atoms with Crippen LogP contribution in [-0.2, 0) is 0 Å². The number of pyridine rings is 1. The number of hydrogen-bond acceptors (Lipinski definition) is 6. The quantitative estimate of drug-likeness (QED) is 0.666. The number of likely N-dealkylation sites (tertiary alicyclic amines) is 1. The molecule has 3 aromatic rings. The summed E-state index contributed by atoms with van der Waals surface area (Å²) in [7, 11) is 0. The second-order valence-corrected chi connectivity index (χ2v) is 7.78. The molecule has 0 saturated carbocycles. The third kappa shape index (κ3) is 3.74. The molecule has 6 nitrogen and oxygen atoms in total. The van der Waals surface area contributed by atoms with Gasteiger partial charge < -0.3 is 9.42 Å². The maximum Gasteiger partial charge on any atom is 0.244 e. The minimum Gasteiger partial charge on any atom is -0.371 e. The summed E-state index contributed by atoms with van der Waals surface area (Å²) in [5.74, 6) is 1.16. The molecular formula is C22H24FN5O. The van der Waals surface area contributed by atoms with E-state index < -0.39 is 0 Å². The highest BCUT2D eigenvalue weighted by Gasteiger charge is 2.36. The topological polar surface area (TPSA) is 58.3 Å². The molecule has 150 valence electrons. The molecule has 4 heterocycles. The third-order valence-electron chi connectivity index (χ3n) is 6.08. The molecule has 2 fully saturated rings. The van der Waals surface area contributed by atoms with Crippen LogP contribution in [0.3, 0.4) is 0 Å². The largest absolute Gasteiger partial charge is 0.371 e. The molecule has 0 unspecified atom stereocenters. The summed E-state index contributed by atoms with van der Waals surface area (Å²) in [6.07, 6.45) is 7.84. The second kappa shape index (κ2) is 7.91. The molecule has 1 atom stereocenters. The third-order valence-corrected chi connectivity index (χ3v) is 6.08. The maximum atomic E-state index is 13.2. The average molecular weight is 393 g/mol. The van der Waals surface area contributed by atoms with Crippen LogP contribution < -0.4 is 4.90 Å². The highest BCUT2D eigenvalue weighted by atomic mass is 19.1. The van der Waals surface area contributed by atoms with Crippen LogP contribution in [-0.4, -0.2) is 45.7 Å². The molecule has 2 aliphatic heterocycles. The van der Waals surface area contributed by atoms with E-state index in [4.69, 9.17) is 4.52 Å². The van der Waals surface area contributed by atoms with Crippen molar-refractivity contribution in [1.82, 2.24) is 20.0 Å². The Balaban J connectivity index is 1.26. The lowest BCUT2D eigenvalue weighted by molar-refractivity contribution is 0.131. The maximum absolute atomic E-state index is 13.2. The predicted molar refractivity (Wildman–Crippen MR) is 108 cm³/mol. The summed E-state index contributed by atoms with van der Waals surface area (Å²) >= 11 is 0. The fourth-order valence-corrected chi connectivity index (χ4v) is 4.59. The van der Waals surface area contributed by atoms with Gasteiger partial charge in [0.15, 0.2) is 0 Å². The summed E-state index contributed by atoms with van der Waals surface area (Å²) in [5, 5.41) is 4.19.